The Labute approximate surface area is 146 Å². The van der Waals surface area contributed by atoms with Gasteiger partial charge in [0.25, 0.3) is 0 Å². The van der Waals surface area contributed by atoms with Crippen LogP contribution < -0.4 is 4.90 Å². The molecule has 0 saturated heterocycles. The molecule has 3 heteroatoms. The minimum Gasteiger partial charge on any atom is -0.501 e. The topological polar surface area (TPSA) is 23.5 Å². The number of rotatable bonds is 2. The first-order valence-electron chi connectivity index (χ1n) is 7.84. The van der Waals surface area contributed by atoms with E-state index < -0.39 is 0 Å². The smallest absolute Gasteiger partial charge is 0.163 e. The van der Waals surface area contributed by atoms with Crippen LogP contribution in [0.5, 0.6) is 0 Å². The zero-order valence-corrected chi connectivity index (χ0v) is 14.1. The standard InChI is InChI=1S/C21H17NOS/c1-22-18-13-7-5-11-16(18)20(17-12-6-8-14-19(17)22)21(23)24-15-9-3-2-4-10-15/h2-14,23H,1H3. The molecule has 1 heterocycles. The van der Waals surface area contributed by atoms with Gasteiger partial charge < -0.3 is 10.0 Å². The van der Waals surface area contributed by atoms with Gasteiger partial charge in [0.05, 0.1) is 0 Å². The molecule has 0 unspecified atom stereocenters. The van der Waals surface area contributed by atoms with E-state index in [9.17, 15) is 5.11 Å². The molecule has 0 fully saturated rings. The van der Waals surface area contributed by atoms with E-state index in [1.807, 2.05) is 54.6 Å². The summed E-state index contributed by atoms with van der Waals surface area (Å²) in [6, 6.07) is 26.4. The lowest BCUT2D eigenvalue weighted by Crippen LogP contribution is -2.18. The van der Waals surface area contributed by atoms with Gasteiger partial charge in [0.1, 0.15) is 0 Å². The highest BCUT2D eigenvalue weighted by Gasteiger charge is 2.26. The van der Waals surface area contributed by atoms with Crippen molar-refractivity contribution in [3.8, 4) is 0 Å². The second-order valence-electron chi connectivity index (χ2n) is 5.69. The number of para-hydroxylation sites is 2. The molecule has 0 aromatic heterocycles. The molecule has 24 heavy (non-hydrogen) atoms. The number of thioether (sulfide) groups is 1. The van der Waals surface area contributed by atoms with Gasteiger partial charge in [-0.05, 0) is 24.3 Å². The first-order chi connectivity index (χ1) is 11.8. The minimum atomic E-state index is 0.328. The third-order valence-electron chi connectivity index (χ3n) is 4.24. The van der Waals surface area contributed by atoms with Crippen LogP contribution in [-0.2, 0) is 0 Å². The molecule has 2 nitrogen and oxygen atoms in total. The summed E-state index contributed by atoms with van der Waals surface area (Å²) in [4.78, 5) is 3.20. The Morgan fingerprint density at radius 2 is 1.25 bits per heavy atom. The number of hydrogen-bond acceptors (Lipinski definition) is 3. The number of nitrogens with zero attached hydrogens (tertiary/aromatic N) is 1. The SMILES string of the molecule is CN1c2ccccc2C(=C(O)Sc2ccccc2)c2ccccc21. The molecule has 0 radical (unpaired) electrons. The fourth-order valence-corrected chi connectivity index (χ4v) is 3.95. The van der Waals surface area contributed by atoms with Gasteiger partial charge in [-0.1, -0.05) is 66.4 Å². The quantitative estimate of drug-likeness (QED) is 0.472. The highest BCUT2D eigenvalue weighted by molar-refractivity contribution is 8.03. The maximum Gasteiger partial charge on any atom is 0.163 e. The van der Waals surface area contributed by atoms with Crippen LogP contribution in [0, 0.1) is 0 Å². The summed E-state index contributed by atoms with van der Waals surface area (Å²) < 4.78 is 0. The minimum absolute atomic E-state index is 0.328. The lowest BCUT2D eigenvalue weighted by molar-refractivity contribution is 0.459. The molecule has 0 spiro atoms. The lowest BCUT2D eigenvalue weighted by atomic mass is 9.91. The molecule has 1 aliphatic rings. The number of benzene rings is 3. The summed E-state index contributed by atoms with van der Waals surface area (Å²) in [6.45, 7) is 0. The van der Waals surface area contributed by atoms with Gasteiger partial charge >= 0.3 is 0 Å². The molecular weight excluding hydrogens is 314 g/mol. The molecular formula is C21H17NOS. The Morgan fingerprint density at radius 1 is 0.750 bits per heavy atom. The van der Waals surface area contributed by atoms with Crippen LogP contribution in [0.1, 0.15) is 11.1 Å². The molecule has 3 aromatic carbocycles. The summed E-state index contributed by atoms with van der Waals surface area (Å²) in [5.74, 6) is 0. The van der Waals surface area contributed by atoms with Gasteiger partial charge in [0.15, 0.2) is 5.09 Å². The summed E-state index contributed by atoms with van der Waals surface area (Å²) in [5.41, 5.74) is 5.21. The van der Waals surface area contributed by atoms with Crippen molar-refractivity contribution < 1.29 is 5.11 Å². The van der Waals surface area contributed by atoms with Crippen molar-refractivity contribution >= 4 is 28.7 Å². The molecule has 118 valence electrons. The average molecular weight is 331 g/mol. The monoisotopic (exact) mass is 331 g/mol. The molecule has 1 aliphatic heterocycles. The fourth-order valence-electron chi connectivity index (χ4n) is 3.11. The molecule has 1 N–H and O–H groups in total. The van der Waals surface area contributed by atoms with E-state index in [0.29, 0.717) is 5.09 Å². The van der Waals surface area contributed by atoms with Crippen LogP contribution in [-0.4, -0.2) is 12.2 Å². The highest BCUT2D eigenvalue weighted by Crippen LogP contribution is 2.47. The molecule has 0 bridgehead atoms. The van der Waals surface area contributed by atoms with E-state index in [2.05, 4.69) is 36.2 Å². The van der Waals surface area contributed by atoms with E-state index >= 15 is 0 Å². The third-order valence-corrected chi connectivity index (χ3v) is 5.15. The van der Waals surface area contributed by atoms with Crippen LogP contribution in [0.3, 0.4) is 0 Å². The molecule has 3 aromatic rings. The second-order valence-corrected chi connectivity index (χ2v) is 6.75. The normalized spacial score (nSPS) is 12.5. The van der Waals surface area contributed by atoms with Gasteiger partial charge in [-0.2, -0.15) is 0 Å². The summed E-state index contributed by atoms with van der Waals surface area (Å²) >= 11 is 1.40. The van der Waals surface area contributed by atoms with Crippen LogP contribution in [0.25, 0.3) is 5.57 Å². The number of fused-ring (bicyclic) bond motifs is 2. The Bertz CT molecular complexity index is 868. The Morgan fingerprint density at radius 3 is 1.83 bits per heavy atom. The van der Waals surface area contributed by atoms with Crippen molar-refractivity contribution in [2.75, 3.05) is 11.9 Å². The van der Waals surface area contributed by atoms with Gasteiger partial charge in [0.2, 0.25) is 0 Å². The van der Waals surface area contributed by atoms with Crippen molar-refractivity contribution in [3.63, 3.8) is 0 Å². The van der Waals surface area contributed by atoms with Gasteiger partial charge in [-0.25, -0.2) is 0 Å². The molecule has 0 aliphatic carbocycles. The van der Waals surface area contributed by atoms with Gasteiger partial charge in [0, 0.05) is 40.0 Å². The van der Waals surface area contributed by atoms with Crippen LogP contribution in [0.4, 0.5) is 11.4 Å². The first-order valence-corrected chi connectivity index (χ1v) is 8.66. The third kappa shape index (κ3) is 2.47. The lowest BCUT2D eigenvalue weighted by Gasteiger charge is -2.32. The number of aliphatic hydroxyl groups excluding tert-OH is 1. The van der Waals surface area contributed by atoms with Crippen molar-refractivity contribution in [2.45, 2.75) is 4.90 Å². The van der Waals surface area contributed by atoms with Crippen LogP contribution in [0.2, 0.25) is 0 Å². The van der Waals surface area contributed by atoms with E-state index in [4.69, 9.17) is 0 Å². The van der Waals surface area contributed by atoms with Gasteiger partial charge in [-0.3, -0.25) is 0 Å². The van der Waals surface area contributed by atoms with Crippen molar-refractivity contribution in [3.05, 3.63) is 95.1 Å². The van der Waals surface area contributed by atoms with E-state index in [1.54, 1.807) is 0 Å². The van der Waals surface area contributed by atoms with Gasteiger partial charge in [-0.15, -0.1) is 0 Å². The Balaban J connectivity index is 1.92. The Kier molecular flexibility index (Phi) is 3.79. The van der Waals surface area contributed by atoms with E-state index in [-0.39, 0.29) is 0 Å². The largest absolute Gasteiger partial charge is 0.501 e. The fraction of sp³-hybridized carbons (Fsp3) is 0.0476. The molecule has 0 atom stereocenters. The zero-order valence-electron chi connectivity index (χ0n) is 13.3. The zero-order chi connectivity index (χ0) is 16.5. The highest BCUT2D eigenvalue weighted by atomic mass is 32.2. The van der Waals surface area contributed by atoms with Crippen molar-refractivity contribution in [1.29, 1.82) is 0 Å². The predicted molar refractivity (Wildman–Crippen MR) is 102 cm³/mol. The number of anilines is 2. The van der Waals surface area contributed by atoms with E-state index in [0.717, 1.165) is 33.0 Å². The molecule has 0 saturated carbocycles. The maximum absolute atomic E-state index is 10.9. The second kappa shape index (κ2) is 6.10. The van der Waals surface area contributed by atoms with Crippen molar-refractivity contribution in [2.24, 2.45) is 0 Å². The molecule has 4 rings (SSSR count). The average Bonchev–Trinajstić information content (AvgIpc) is 2.63. The predicted octanol–water partition coefficient (Wildman–Crippen LogP) is 5.84. The molecule has 0 amide bonds. The summed E-state index contributed by atoms with van der Waals surface area (Å²) in [6.07, 6.45) is 0. The number of hydrogen-bond donors (Lipinski definition) is 1. The number of aliphatic hydroxyl groups is 1. The first kappa shape index (κ1) is 14.9. The van der Waals surface area contributed by atoms with Crippen molar-refractivity contribution in [1.82, 2.24) is 0 Å². The Hall–Kier alpha value is -2.65. The maximum atomic E-state index is 10.9. The summed E-state index contributed by atoms with van der Waals surface area (Å²) in [5, 5.41) is 11.3. The van der Waals surface area contributed by atoms with Crippen LogP contribution >= 0.6 is 11.8 Å². The van der Waals surface area contributed by atoms with Crippen LogP contribution in [0.15, 0.2) is 88.8 Å². The van der Waals surface area contributed by atoms with E-state index in [1.165, 1.54) is 11.8 Å². The summed E-state index contributed by atoms with van der Waals surface area (Å²) in [7, 11) is 2.07.